The standard InChI is InChI=1S/C25H26ClN2O7PS2/c1-14-27-19-12-23(16-5-7-17(26)8-6-16)38-24(19)25(29)28(14)18-9-10-20(21(11-18)32-2)33-13-22(15-3-4-15)34-36(30,31)35-37/h5-12,14-15,22,27,37H,3-4,13H2,1-2H3,(H,30,31)/t14?,22-/m0/s1. The molecule has 9 nitrogen and oxygen atoms in total. The molecule has 1 fully saturated rings. The molecule has 2 unspecified atom stereocenters. The Morgan fingerprint density at radius 3 is 2.61 bits per heavy atom. The zero-order valence-corrected chi connectivity index (χ0v) is 23.9. The van der Waals surface area contributed by atoms with Crippen molar-refractivity contribution in [1.82, 2.24) is 0 Å². The Kier molecular flexibility index (Phi) is 7.98. The summed E-state index contributed by atoms with van der Waals surface area (Å²) in [5.74, 6) is 0.796. The number of fused-ring (bicyclic) bond motifs is 1. The fraction of sp³-hybridized carbons (Fsp3) is 0.320. The number of nitrogens with one attached hydrogen (secondary N) is 1. The van der Waals surface area contributed by atoms with Crippen molar-refractivity contribution in [2.24, 2.45) is 5.92 Å². The molecule has 13 heteroatoms. The summed E-state index contributed by atoms with van der Waals surface area (Å²) in [6, 6.07) is 14.7. The summed E-state index contributed by atoms with van der Waals surface area (Å²) in [4.78, 5) is 26.5. The first-order chi connectivity index (χ1) is 18.2. The van der Waals surface area contributed by atoms with Gasteiger partial charge in [0.25, 0.3) is 5.91 Å². The van der Waals surface area contributed by atoms with E-state index in [1.807, 2.05) is 37.3 Å². The van der Waals surface area contributed by atoms with Crippen LogP contribution in [-0.2, 0) is 13.1 Å². The van der Waals surface area contributed by atoms with E-state index in [-0.39, 0.29) is 24.6 Å². The van der Waals surface area contributed by atoms with Crippen molar-refractivity contribution in [3.8, 4) is 21.9 Å². The molecule has 1 aliphatic heterocycles. The van der Waals surface area contributed by atoms with Crippen LogP contribution in [0.3, 0.4) is 0 Å². The summed E-state index contributed by atoms with van der Waals surface area (Å²) in [6.07, 6.45) is 0.778. The van der Waals surface area contributed by atoms with Crippen LogP contribution in [0.2, 0.25) is 5.02 Å². The molecule has 3 aromatic rings. The van der Waals surface area contributed by atoms with Crippen LogP contribution in [-0.4, -0.2) is 36.8 Å². The first kappa shape index (κ1) is 27.3. The van der Waals surface area contributed by atoms with E-state index in [1.165, 1.54) is 18.4 Å². The van der Waals surface area contributed by atoms with E-state index in [0.29, 0.717) is 27.1 Å². The number of thiophene rings is 1. The number of phosphoric acid groups is 1. The molecule has 1 aromatic heterocycles. The number of hydrogen-bond acceptors (Lipinski definition) is 9. The number of carbonyl (C=O) groups excluding carboxylic acids is 1. The number of carbonyl (C=O) groups is 1. The van der Waals surface area contributed by atoms with Crippen LogP contribution in [0.15, 0.2) is 48.5 Å². The quantitative estimate of drug-likeness (QED) is 0.136. The van der Waals surface area contributed by atoms with Gasteiger partial charge in [-0.2, -0.15) is 0 Å². The Morgan fingerprint density at radius 2 is 1.95 bits per heavy atom. The fourth-order valence-electron chi connectivity index (χ4n) is 4.34. The average Bonchev–Trinajstić information content (AvgIpc) is 3.66. The smallest absolute Gasteiger partial charge is 0.483 e. The van der Waals surface area contributed by atoms with Gasteiger partial charge in [-0.3, -0.25) is 14.2 Å². The predicted octanol–water partition coefficient (Wildman–Crippen LogP) is 6.63. The molecule has 0 radical (unpaired) electrons. The van der Waals surface area contributed by atoms with E-state index in [0.717, 1.165) is 29.0 Å². The molecule has 38 heavy (non-hydrogen) atoms. The number of methoxy groups -OCH3 is 1. The van der Waals surface area contributed by atoms with Gasteiger partial charge in [-0.15, -0.1) is 11.3 Å². The number of benzene rings is 2. The molecular formula is C25H26ClN2O7PS2. The van der Waals surface area contributed by atoms with Crippen molar-refractivity contribution in [1.29, 1.82) is 0 Å². The lowest BCUT2D eigenvalue weighted by Gasteiger charge is -2.34. The van der Waals surface area contributed by atoms with Gasteiger partial charge in [-0.05, 0) is 74.5 Å². The van der Waals surface area contributed by atoms with Crippen LogP contribution in [0.1, 0.15) is 29.4 Å². The van der Waals surface area contributed by atoms with Crippen LogP contribution >= 0.6 is 43.7 Å². The lowest BCUT2D eigenvalue weighted by Crippen LogP contribution is -2.46. The van der Waals surface area contributed by atoms with E-state index in [2.05, 4.69) is 22.2 Å². The topological polar surface area (TPSA) is 107 Å². The largest absolute Gasteiger partial charge is 0.493 e. The van der Waals surface area contributed by atoms with Gasteiger partial charge in [0.2, 0.25) is 0 Å². The molecule has 2 N–H and O–H groups in total. The summed E-state index contributed by atoms with van der Waals surface area (Å²) in [6.45, 7) is 1.93. The number of ether oxygens (including phenoxy) is 2. The molecule has 5 rings (SSSR count). The molecule has 2 aliphatic rings. The predicted molar refractivity (Wildman–Crippen MR) is 151 cm³/mol. The summed E-state index contributed by atoms with van der Waals surface area (Å²) < 4.78 is 32.7. The van der Waals surface area contributed by atoms with E-state index in [9.17, 15) is 14.3 Å². The highest BCUT2D eigenvalue weighted by atomic mass is 35.5. The molecule has 0 bridgehead atoms. The van der Waals surface area contributed by atoms with Crippen molar-refractivity contribution in [2.75, 3.05) is 23.9 Å². The number of phosphoric ester groups is 1. The molecule has 2 heterocycles. The highest BCUT2D eigenvalue weighted by Gasteiger charge is 2.38. The third-order valence-electron chi connectivity index (χ3n) is 6.37. The second kappa shape index (κ2) is 11.1. The molecular weight excluding hydrogens is 571 g/mol. The number of halogens is 1. The van der Waals surface area contributed by atoms with Gasteiger partial charge in [0, 0.05) is 16.0 Å². The fourth-order valence-corrected chi connectivity index (χ4v) is 6.26. The Morgan fingerprint density at radius 1 is 1.21 bits per heavy atom. The van der Waals surface area contributed by atoms with Gasteiger partial charge < -0.3 is 19.7 Å². The number of amides is 1. The van der Waals surface area contributed by atoms with Gasteiger partial charge in [0.15, 0.2) is 11.5 Å². The maximum Gasteiger partial charge on any atom is 0.483 e. The van der Waals surface area contributed by atoms with Crippen molar-refractivity contribution in [2.45, 2.75) is 32.0 Å². The molecule has 0 saturated heterocycles. The minimum atomic E-state index is -4.27. The normalized spacial score (nSPS) is 19.3. The Bertz CT molecular complexity index is 1380. The third-order valence-corrected chi connectivity index (χ3v) is 9.16. The SMILES string of the molecule is COc1cc(N2C(=O)c3sc(-c4ccc(Cl)cc4)cc3NC2C)ccc1OC[C@H](OP(=O)(O)OS)C1CC1. The molecule has 0 spiro atoms. The van der Waals surface area contributed by atoms with Gasteiger partial charge in [0.05, 0.1) is 18.5 Å². The number of hydrogen-bond donors (Lipinski definition) is 3. The van der Waals surface area contributed by atoms with Crippen molar-refractivity contribution >= 4 is 61.0 Å². The molecule has 1 amide bonds. The van der Waals surface area contributed by atoms with Gasteiger partial charge >= 0.3 is 7.82 Å². The second-order valence-corrected chi connectivity index (χ2v) is 12.3. The van der Waals surface area contributed by atoms with Crippen molar-refractivity contribution in [3.05, 3.63) is 58.4 Å². The van der Waals surface area contributed by atoms with Crippen LogP contribution in [0.4, 0.5) is 11.4 Å². The van der Waals surface area contributed by atoms with Crippen molar-refractivity contribution in [3.63, 3.8) is 0 Å². The first-order valence-corrected chi connectivity index (χ1v) is 14.9. The summed E-state index contributed by atoms with van der Waals surface area (Å²) >= 11 is 10.9. The Labute approximate surface area is 234 Å². The number of anilines is 2. The summed E-state index contributed by atoms with van der Waals surface area (Å²) in [7, 11) is -2.77. The Hall–Kier alpha value is -2.24. The first-order valence-electron chi connectivity index (χ1n) is 11.8. The van der Waals surface area contributed by atoms with Crippen LogP contribution < -0.4 is 19.7 Å². The zero-order valence-electron chi connectivity index (χ0n) is 20.5. The average molecular weight is 597 g/mol. The highest BCUT2D eigenvalue weighted by molar-refractivity contribution is 7.80. The molecule has 2 aromatic carbocycles. The monoisotopic (exact) mass is 596 g/mol. The van der Waals surface area contributed by atoms with E-state index in [1.54, 1.807) is 23.1 Å². The zero-order chi connectivity index (χ0) is 27.0. The van der Waals surface area contributed by atoms with Gasteiger partial charge in [0.1, 0.15) is 23.8 Å². The Balaban J connectivity index is 1.35. The highest BCUT2D eigenvalue weighted by Crippen LogP contribution is 2.50. The summed E-state index contributed by atoms with van der Waals surface area (Å²) in [5, 5.41) is 4.07. The van der Waals surface area contributed by atoms with Gasteiger partial charge in [-0.25, -0.2) is 8.54 Å². The van der Waals surface area contributed by atoms with Crippen LogP contribution in [0.5, 0.6) is 11.5 Å². The van der Waals surface area contributed by atoms with Gasteiger partial charge in [-0.1, -0.05) is 23.7 Å². The minimum Gasteiger partial charge on any atom is -0.493 e. The summed E-state index contributed by atoms with van der Waals surface area (Å²) in [5.41, 5.74) is 2.40. The van der Waals surface area contributed by atoms with E-state index < -0.39 is 13.9 Å². The minimum absolute atomic E-state index is 0.0225. The van der Waals surface area contributed by atoms with E-state index >= 15 is 0 Å². The molecule has 1 aliphatic carbocycles. The number of rotatable bonds is 10. The lowest BCUT2D eigenvalue weighted by molar-refractivity contribution is 0.0797. The van der Waals surface area contributed by atoms with Crippen LogP contribution in [0, 0.1) is 5.92 Å². The molecule has 3 atom stereocenters. The van der Waals surface area contributed by atoms with E-state index in [4.69, 9.17) is 25.6 Å². The maximum absolute atomic E-state index is 13.6. The number of nitrogens with zero attached hydrogens (tertiary/aromatic N) is 1. The third kappa shape index (κ3) is 5.84. The molecule has 1 saturated carbocycles. The maximum atomic E-state index is 13.6. The number of thiol groups is 1. The second-order valence-electron chi connectivity index (χ2n) is 9.03. The van der Waals surface area contributed by atoms with Crippen LogP contribution in [0.25, 0.3) is 10.4 Å². The molecule has 202 valence electrons. The lowest BCUT2D eigenvalue weighted by atomic mass is 10.1. The van der Waals surface area contributed by atoms with Crippen molar-refractivity contribution < 1.29 is 32.2 Å².